The molecule has 0 bridgehead atoms. The predicted octanol–water partition coefficient (Wildman–Crippen LogP) is 3.51. The van der Waals surface area contributed by atoms with Crippen molar-refractivity contribution in [1.29, 1.82) is 0 Å². The maximum absolute atomic E-state index is 12.2. The van der Waals surface area contributed by atoms with Gasteiger partial charge in [-0.1, -0.05) is 38.5 Å². The van der Waals surface area contributed by atoms with E-state index in [0.717, 1.165) is 51.4 Å². The molecule has 2 aliphatic carbocycles. The van der Waals surface area contributed by atoms with Gasteiger partial charge in [0.05, 0.1) is 0 Å². The fraction of sp³-hybridized carbons (Fsp3) is 0.667. The number of carbonyl (C=O) groups excluding carboxylic acids is 2. The summed E-state index contributed by atoms with van der Waals surface area (Å²) in [7, 11) is 0. The first-order chi connectivity index (χ1) is 11.7. The molecule has 0 aromatic carbocycles. The monoisotopic (exact) mass is 330 g/mol. The molecule has 1 heterocycles. The van der Waals surface area contributed by atoms with Crippen molar-refractivity contribution in [3.8, 4) is 0 Å². The predicted molar refractivity (Wildman–Crippen MR) is 92.4 cm³/mol. The summed E-state index contributed by atoms with van der Waals surface area (Å²) in [4.78, 5) is 24.4. The lowest BCUT2D eigenvalue weighted by Crippen LogP contribution is -2.26. The van der Waals surface area contributed by atoms with Crippen LogP contribution in [0.3, 0.4) is 0 Å². The molecule has 3 rings (SSSR count). The third-order valence-electron chi connectivity index (χ3n) is 5.12. The van der Waals surface area contributed by atoms with E-state index in [1.54, 1.807) is 12.1 Å². The zero-order valence-corrected chi connectivity index (χ0v) is 14.1. The number of anilines is 2. The van der Waals surface area contributed by atoms with Crippen LogP contribution in [0, 0.1) is 11.8 Å². The van der Waals surface area contributed by atoms with Crippen LogP contribution in [0.2, 0.25) is 0 Å². The molecule has 6 heteroatoms. The van der Waals surface area contributed by atoms with Crippen molar-refractivity contribution in [2.75, 3.05) is 10.6 Å². The van der Waals surface area contributed by atoms with Gasteiger partial charge in [-0.3, -0.25) is 9.59 Å². The second-order valence-corrected chi connectivity index (χ2v) is 6.95. The summed E-state index contributed by atoms with van der Waals surface area (Å²) in [5.74, 6) is 1.13. The molecule has 2 fully saturated rings. The molecule has 0 saturated heterocycles. The largest absolute Gasteiger partial charge is 0.309 e. The van der Waals surface area contributed by atoms with Crippen molar-refractivity contribution in [3.05, 3.63) is 12.1 Å². The summed E-state index contributed by atoms with van der Waals surface area (Å²) in [6, 6.07) is 3.40. The highest BCUT2D eigenvalue weighted by atomic mass is 16.2. The van der Waals surface area contributed by atoms with E-state index in [4.69, 9.17) is 0 Å². The molecule has 1 aromatic heterocycles. The van der Waals surface area contributed by atoms with Crippen LogP contribution in [-0.4, -0.2) is 22.0 Å². The molecule has 2 amide bonds. The van der Waals surface area contributed by atoms with E-state index in [2.05, 4.69) is 20.8 Å². The van der Waals surface area contributed by atoms with Crippen LogP contribution in [0.4, 0.5) is 11.6 Å². The highest BCUT2D eigenvalue weighted by Gasteiger charge is 2.22. The van der Waals surface area contributed by atoms with Crippen molar-refractivity contribution >= 4 is 23.5 Å². The Balaban J connectivity index is 1.51. The fourth-order valence-corrected chi connectivity index (χ4v) is 3.65. The van der Waals surface area contributed by atoms with Crippen LogP contribution in [0.5, 0.6) is 0 Å². The van der Waals surface area contributed by atoms with Gasteiger partial charge >= 0.3 is 0 Å². The van der Waals surface area contributed by atoms with Gasteiger partial charge < -0.3 is 10.6 Å². The minimum atomic E-state index is 0.0305. The summed E-state index contributed by atoms with van der Waals surface area (Å²) in [5.41, 5.74) is 0. The average Bonchev–Trinajstić information content (AvgIpc) is 2.65. The summed E-state index contributed by atoms with van der Waals surface area (Å²) in [6.45, 7) is 0. The number of rotatable bonds is 4. The Bertz CT molecular complexity index is 510. The summed E-state index contributed by atoms with van der Waals surface area (Å²) < 4.78 is 0. The molecule has 0 atom stereocenters. The number of carbonyl (C=O) groups is 2. The van der Waals surface area contributed by atoms with Gasteiger partial charge in [-0.2, -0.15) is 0 Å². The van der Waals surface area contributed by atoms with E-state index >= 15 is 0 Å². The number of nitrogens with one attached hydrogen (secondary N) is 2. The molecule has 0 radical (unpaired) electrons. The molecule has 2 N–H and O–H groups in total. The average molecular weight is 330 g/mol. The Morgan fingerprint density at radius 1 is 0.708 bits per heavy atom. The van der Waals surface area contributed by atoms with Gasteiger partial charge in [0, 0.05) is 11.8 Å². The van der Waals surface area contributed by atoms with Gasteiger partial charge in [0.15, 0.2) is 11.6 Å². The summed E-state index contributed by atoms with van der Waals surface area (Å²) >= 11 is 0. The van der Waals surface area contributed by atoms with Crippen molar-refractivity contribution in [3.63, 3.8) is 0 Å². The maximum Gasteiger partial charge on any atom is 0.228 e. The highest BCUT2D eigenvalue weighted by molar-refractivity contribution is 5.93. The smallest absolute Gasteiger partial charge is 0.228 e. The van der Waals surface area contributed by atoms with Crippen LogP contribution in [-0.2, 0) is 9.59 Å². The first kappa shape index (κ1) is 16.9. The molecule has 6 nitrogen and oxygen atoms in total. The third-order valence-corrected chi connectivity index (χ3v) is 5.12. The quantitative estimate of drug-likeness (QED) is 0.885. The minimum absolute atomic E-state index is 0.0305. The fourth-order valence-electron chi connectivity index (χ4n) is 3.65. The van der Waals surface area contributed by atoms with E-state index in [0.29, 0.717) is 11.6 Å². The SMILES string of the molecule is O=C(Nc1ccc(NC(=O)C2CCCCC2)nn1)C1CCCCC1. The van der Waals surface area contributed by atoms with E-state index in [1.165, 1.54) is 12.8 Å². The summed E-state index contributed by atoms with van der Waals surface area (Å²) in [6.07, 6.45) is 10.7. The van der Waals surface area contributed by atoms with E-state index < -0.39 is 0 Å². The normalized spacial score (nSPS) is 19.7. The van der Waals surface area contributed by atoms with Crippen molar-refractivity contribution in [1.82, 2.24) is 10.2 Å². The topological polar surface area (TPSA) is 84.0 Å². The van der Waals surface area contributed by atoms with Crippen LogP contribution in [0.1, 0.15) is 64.2 Å². The lowest BCUT2D eigenvalue weighted by molar-refractivity contribution is -0.121. The van der Waals surface area contributed by atoms with Gasteiger partial charge in [0.1, 0.15) is 0 Å². The van der Waals surface area contributed by atoms with Gasteiger partial charge in [-0.05, 0) is 37.8 Å². The van der Waals surface area contributed by atoms with Crippen molar-refractivity contribution in [2.24, 2.45) is 11.8 Å². The molecule has 130 valence electrons. The van der Waals surface area contributed by atoms with Crippen molar-refractivity contribution in [2.45, 2.75) is 64.2 Å². The Hall–Kier alpha value is -1.98. The minimum Gasteiger partial charge on any atom is -0.309 e. The number of amides is 2. The van der Waals surface area contributed by atoms with Gasteiger partial charge in [0.25, 0.3) is 0 Å². The number of hydrogen-bond donors (Lipinski definition) is 2. The molecule has 0 spiro atoms. The molecular formula is C18H26N4O2. The molecule has 0 aliphatic heterocycles. The standard InChI is InChI=1S/C18H26N4O2/c23-17(13-7-3-1-4-8-13)19-15-11-12-16(22-21-15)20-18(24)14-9-5-2-6-10-14/h11-14H,1-10H2,(H,19,21,23)(H,20,22,24). The van der Waals surface area contributed by atoms with Gasteiger partial charge in [-0.25, -0.2) is 0 Å². The second kappa shape index (κ2) is 8.22. The molecule has 0 unspecified atom stereocenters. The van der Waals surface area contributed by atoms with Crippen LogP contribution < -0.4 is 10.6 Å². The highest BCUT2D eigenvalue weighted by Crippen LogP contribution is 2.26. The van der Waals surface area contributed by atoms with Crippen LogP contribution in [0.15, 0.2) is 12.1 Å². The van der Waals surface area contributed by atoms with Crippen LogP contribution >= 0.6 is 0 Å². The van der Waals surface area contributed by atoms with E-state index in [9.17, 15) is 9.59 Å². The Labute approximate surface area is 142 Å². The Morgan fingerprint density at radius 3 is 1.42 bits per heavy atom. The second-order valence-electron chi connectivity index (χ2n) is 6.95. The summed E-state index contributed by atoms with van der Waals surface area (Å²) in [5, 5.41) is 13.7. The molecule has 2 saturated carbocycles. The molecule has 24 heavy (non-hydrogen) atoms. The molecule has 2 aliphatic rings. The first-order valence-electron chi connectivity index (χ1n) is 9.18. The van der Waals surface area contributed by atoms with Crippen LogP contribution in [0.25, 0.3) is 0 Å². The lowest BCUT2D eigenvalue weighted by atomic mass is 9.88. The van der Waals surface area contributed by atoms with E-state index in [-0.39, 0.29) is 23.7 Å². The zero-order chi connectivity index (χ0) is 16.8. The molecular weight excluding hydrogens is 304 g/mol. The lowest BCUT2D eigenvalue weighted by Gasteiger charge is -2.21. The maximum atomic E-state index is 12.2. The number of nitrogens with zero attached hydrogens (tertiary/aromatic N) is 2. The Kier molecular flexibility index (Phi) is 5.77. The van der Waals surface area contributed by atoms with Crippen molar-refractivity contribution < 1.29 is 9.59 Å². The molecule has 1 aromatic rings. The number of hydrogen-bond acceptors (Lipinski definition) is 4. The van der Waals surface area contributed by atoms with E-state index in [1.807, 2.05) is 0 Å². The van der Waals surface area contributed by atoms with Gasteiger partial charge in [-0.15, -0.1) is 10.2 Å². The number of aromatic nitrogens is 2. The Morgan fingerprint density at radius 2 is 1.08 bits per heavy atom. The zero-order valence-electron chi connectivity index (χ0n) is 14.1. The van der Waals surface area contributed by atoms with Gasteiger partial charge in [0.2, 0.25) is 11.8 Å². The first-order valence-corrected chi connectivity index (χ1v) is 9.18. The third kappa shape index (κ3) is 4.52.